The Morgan fingerprint density at radius 2 is 1.72 bits per heavy atom. The Labute approximate surface area is 154 Å². The molecule has 2 rings (SSSR count). The van der Waals surface area contributed by atoms with Gasteiger partial charge in [-0.05, 0) is 38.1 Å². The van der Waals surface area contributed by atoms with Gasteiger partial charge in [0.25, 0.3) is 0 Å². The summed E-state index contributed by atoms with van der Waals surface area (Å²) in [6, 6.07) is 4.18. The van der Waals surface area contributed by atoms with Gasteiger partial charge < -0.3 is 24.1 Å². The number of nitrogens with zero attached hydrogens (tertiary/aromatic N) is 2. The lowest BCUT2D eigenvalue weighted by atomic mass is 10.1. The molecule has 0 amide bonds. The fourth-order valence-electron chi connectivity index (χ4n) is 2.38. The second-order valence-corrected chi connectivity index (χ2v) is 5.53. The summed E-state index contributed by atoms with van der Waals surface area (Å²) >= 11 is 0. The van der Waals surface area contributed by atoms with Crippen molar-refractivity contribution in [3.05, 3.63) is 29.4 Å². The quantitative estimate of drug-likeness (QED) is 0.725. The Hall–Kier alpha value is -1.99. The molecule has 1 heterocycles. The molecular formula is C17H26ClN3O4. The highest BCUT2D eigenvalue weighted by Gasteiger charge is 2.14. The van der Waals surface area contributed by atoms with Crippen molar-refractivity contribution in [2.45, 2.75) is 32.2 Å². The summed E-state index contributed by atoms with van der Waals surface area (Å²) in [4.78, 5) is 4.43. The molecule has 1 atom stereocenters. The molecule has 7 nitrogen and oxygen atoms in total. The van der Waals surface area contributed by atoms with Crippen LogP contribution in [-0.4, -0.2) is 44.6 Å². The van der Waals surface area contributed by atoms with Crippen LogP contribution in [0, 0.1) is 0 Å². The van der Waals surface area contributed by atoms with Crippen molar-refractivity contribution in [1.29, 1.82) is 0 Å². The van der Waals surface area contributed by atoms with Crippen LogP contribution in [0.25, 0.3) is 0 Å². The fraction of sp³-hybridized carbons (Fsp3) is 0.529. The maximum atomic E-state index is 5.37. The molecule has 0 bridgehead atoms. The molecular weight excluding hydrogens is 346 g/mol. The highest BCUT2D eigenvalue weighted by atomic mass is 35.5. The third-order valence-corrected chi connectivity index (χ3v) is 3.84. The predicted octanol–water partition coefficient (Wildman–Crippen LogP) is 2.45. The number of rotatable bonds is 9. The maximum absolute atomic E-state index is 5.37. The van der Waals surface area contributed by atoms with E-state index in [1.807, 2.05) is 19.2 Å². The summed E-state index contributed by atoms with van der Waals surface area (Å²) in [5.41, 5.74) is 1.05. The van der Waals surface area contributed by atoms with Gasteiger partial charge >= 0.3 is 0 Å². The lowest BCUT2D eigenvalue weighted by molar-refractivity contribution is 0.323. The minimum Gasteiger partial charge on any atom is -0.493 e. The number of nitrogens with one attached hydrogen (secondary N) is 1. The van der Waals surface area contributed by atoms with Crippen molar-refractivity contribution < 1.29 is 18.7 Å². The lowest BCUT2D eigenvalue weighted by Gasteiger charge is -2.13. The SMILES string of the molecule is CNC(C)Cc1noc(CCc2cc(OC)c(OC)c(OC)c2)n1.Cl. The van der Waals surface area contributed by atoms with E-state index < -0.39 is 0 Å². The monoisotopic (exact) mass is 371 g/mol. The van der Waals surface area contributed by atoms with Crippen molar-refractivity contribution >= 4 is 12.4 Å². The summed E-state index contributed by atoms with van der Waals surface area (Å²) in [6.07, 6.45) is 2.13. The van der Waals surface area contributed by atoms with Crippen LogP contribution >= 0.6 is 12.4 Å². The summed E-state index contributed by atoms with van der Waals surface area (Å²) in [6.45, 7) is 2.08. The molecule has 1 aromatic carbocycles. The zero-order valence-electron chi connectivity index (χ0n) is 15.3. The van der Waals surface area contributed by atoms with Crippen molar-refractivity contribution in [2.75, 3.05) is 28.4 Å². The van der Waals surface area contributed by atoms with Crippen LogP contribution in [0.3, 0.4) is 0 Å². The predicted molar refractivity (Wildman–Crippen MR) is 97.3 cm³/mol. The van der Waals surface area contributed by atoms with Crippen LogP contribution in [0.15, 0.2) is 16.7 Å². The summed E-state index contributed by atoms with van der Waals surface area (Å²) in [5, 5.41) is 7.17. The molecule has 0 saturated heterocycles. The van der Waals surface area contributed by atoms with Gasteiger partial charge in [0.05, 0.1) is 21.3 Å². The molecule has 140 valence electrons. The fourth-order valence-corrected chi connectivity index (χ4v) is 2.38. The van der Waals surface area contributed by atoms with Gasteiger partial charge in [-0.15, -0.1) is 12.4 Å². The largest absolute Gasteiger partial charge is 0.493 e. The average molecular weight is 372 g/mol. The minimum atomic E-state index is 0. The number of halogens is 1. The number of aryl methyl sites for hydroxylation is 2. The van der Waals surface area contributed by atoms with Crippen LogP contribution in [0.1, 0.15) is 24.2 Å². The molecule has 0 radical (unpaired) electrons. The van der Waals surface area contributed by atoms with Crippen LogP contribution in [0.5, 0.6) is 17.2 Å². The van der Waals surface area contributed by atoms with Crippen LogP contribution in [0.2, 0.25) is 0 Å². The molecule has 8 heteroatoms. The van der Waals surface area contributed by atoms with E-state index in [9.17, 15) is 0 Å². The second-order valence-electron chi connectivity index (χ2n) is 5.53. The molecule has 1 unspecified atom stereocenters. The van der Waals surface area contributed by atoms with Gasteiger partial charge in [-0.2, -0.15) is 4.98 Å². The van der Waals surface area contributed by atoms with E-state index in [1.165, 1.54) is 0 Å². The third-order valence-electron chi connectivity index (χ3n) is 3.84. The molecule has 0 aliphatic rings. The number of benzene rings is 1. The first-order chi connectivity index (χ1) is 11.6. The van der Waals surface area contributed by atoms with Crippen LogP contribution in [-0.2, 0) is 19.3 Å². The van der Waals surface area contributed by atoms with Crippen molar-refractivity contribution in [1.82, 2.24) is 15.5 Å². The van der Waals surface area contributed by atoms with Gasteiger partial charge in [0.15, 0.2) is 17.3 Å². The molecule has 0 fully saturated rings. The van der Waals surface area contributed by atoms with E-state index in [1.54, 1.807) is 21.3 Å². The number of ether oxygens (including phenoxy) is 3. The summed E-state index contributed by atoms with van der Waals surface area (Å²) in [5.74, 6) is 3.21. The van der Waals surface area contributed by atoms with Gasteiger partial charge in [0, 0.05) is 18.9 Å². The average Bonchev–Trinajstić information content (AvgIpc) is 3.05. The first kappa shape index (κ1) is 21.1. The number of hydrogen-bond acceptors (Lipinski definition) is 7. The number of methoxy groups -OCH3 is 3. The van der Waals surface area contributed by atoms with E-state index in [2.05, 4.69) is 22.4 Å². The van der Waals surface area contributed by atoms with E-state index in [-0.39, 0.29) is 12.4 Å². The zero-order chi connectivity index (χ0) is 17.5. The highest BCUT2D eigenvalue weighted by Crippen LogP contribution is 2.38. The molecule has 2 aromatic rings. The van der Waals surface area contributed by atoms with E-state index >= 15 is 0 Å². The molecule has 25 heavy (non-hydrogen) atoms. The van der Waals surface area contributed by atoms with Crippen molar-refractivity contribution in [3.63, 3.8) is 0 Å². The summed E-state index contributed by atoms with van der Waals surface area (Å²) in [7, 11) is 6.71. The molecule has 0 aliphatic heterocycles. The second kappa shape index (κ2) is 10.1. The van der Waals surface area contributed by atoms with Gasteiger partial charge in [-0.1, -0.05) is 5.16 Å². The first-order valence-corrected chi connectivity index (χ1v) is 7.88. The Kier molecular flexibility index (Phi) is 8.51. The Bertz CT molecular complexity index is 638. The highest BCUT2D eigenvalue weighted by molar-refractivity contribution is 5.85. The lowest BCUT2D eigenvalue weighted by Crippen LogP contribution is -2.24. The van der Waals surface area contributed by atoms with Gasteiger partial charge in [0.2, 0.25) is 11.6 Å². The smallest absolute Gasteiger partial charge is 0.226 e. The van der Waals surface area contributed by atoms with E-state index in [0.717, 1.165) is 24.2 Å². The van der Waals surface area contributed by atoms with Crippen molar-refractivity contribution in [2.24, 2.45) is 0 Å². The topological polar surface area (TPSA) is 78.6 Å². The number of likely N-dealkylation sites (N-methyl/N-ethyl adjacent to an activating group) is 1. The van der Waals surface area contributed by atoms with Crippen molar-refractivity contribution in [3.8, 4) is 17.2 Å². The molecule has 0 spiro atoms. The minimum absolute atomic E-state index is 0. The number of aromatic nitrogens is 2. The summed E-state index contributed by atoms with van der Waals surface area (Å²) < 4.78 is 21.4. The Morgan fingerprint density at radius 3 is 2.24 bits per heavy atom. The van der Waals surface area contributed by atoms with Crippen LogP contribution < -0.4 is 19.5 Å². The van der Waals surface area contributed by atoms with Gasteiger partial charge in [-0.3, -0.25) is 0 Å². The normalized spacial score (nSPS) is 11.6. The Balaban J connectivity index is 0.00000312. The van der Waals surface area contributed by atoms with Gasteiger partial charge in [0.1, 0.15) is 0 Å². The Morgan fingerprint density at radius 1 is 1.08 bits per heavy atom. The van der Waals surface area contributed by atoms with E-state index in [4.69, 9.17) is 18.7 Å². The molecule has 1 N–H and O–H groups in total. The first-order valence-electron chi connectivity index (χ1n) is 7.88. The standard InChI is InChI=1S/C17H25N3O4.ClH/c1-11(18-2)8-15-19-16(24-20-15)7-6-12-9-13(21-3)17(23-5)14(10-12)22-4;/h9-11,18H,6-8H2,1-5H3;1H. The van der Waals surface area contributed by atoms with Gasteiger partial charge in [-0.25, -0.2) is 0 Å². The van der Waals surface area contributed by atoms with E-state index in [0.29, 0.717) is 35.6 Å². The molecule has 0 aliphatic carbocycles. The van der Waals surface area contributed by atoms with Crippen LogP contribution in [0.4, 0.5) is 0 Å². The maximum Gasteiger partial charge on any atom is 0.226 e. The number of hydrogen-bond donors (Lipinski definition) is 1. The molecule has 1 aromatic heterocycles. The zero-order valence-corrected chi connectivity index (χ0v) is 16.1. The third kappa shape index (κ3) is 5.51. The molecule has 0 saturated carbocycles.